The highest BCUT2D eigenvalue weighted by Crippen LogP contribution is 2.26. The Balaban J connectivity index is 1.86. The van der Waals surface area contributed by atoms with Crippen LogP contribution in [-0.4, -0.2) is 22.8 Å². The van der Waals surface area contributed by atoms with E-state index >= 15 is 0 Å². The van der Waals surface area contributed by atoms with E-state index in [0.717, 1.165) is 16.7 Å². The molecule has 2 amide bonds. The van der Waals surface area contributed by atoms with E-state index in [1.807, 2.05) is 97.6 Å². The number of rotatable bonds is 8. The van der Waals surface area contributed by atoms with Crippen molar-refractivity contribution in [3.05, 3.63) is 95.6 Å². The molecule has 3 aromatic rings. The molecule has 5 heteroatoms. The normalized spacial score (nSPS) is 12.5. The third kappa shape index (κ3) is 6.20. The Hall–Kier alpha value is -3.60. The number of carbonyl (C=O) groups is 2. The molecule has 0 bridgehead atoms. The predicted molar refractivity (Wildman–Crippen MR) is 127 cm³/mol. The van der Waals surface area contributed by atoms with Gasteiger partial charge in [-0.15, -0.1) is 0 Å². The van der Waals surface area contributed by atoms with E-state index in [-0.39, 0.29) is 17.9 Å². The molecular weight excluding hydrogens is 400 g/mol. The van der Waals surface area contributed by atoms with Crippen molar-refractivity contribution < 1.29 is 14.3 Å². The van der Waals surface area contributed by atoms with Crippen molar-refractivity contribution in [2.24, 2.45) is 0 Å². The summed E-state index contributed by atoms with van der Waals surface area (Å²) in [5, 5.41) is 2.81. The summed E-state index contributed by atoms with van der Waals surface area (Å²) in [6.07, 6.45) is -0.651. The summed E-state index contributed by atoms with van der Waals surface area (Å²) in [6.45, 7) is 7.71. The molecular formula is C27H30N2O3. The number of aryl methyl sites for hydroxylation is 1. The number of nitrogens with one attached hydrogen (secondary N) is 1. The second-order valence-corrected chi connectivity index (χ2v) is 8.01. The van der Waals surface area contributed by atoms with Crippen LogP contribution in [0.1, 0.15) is 43.5 Å². The topological polar surface area (TPSA) is 58.6 Å². The minimum absolute atomic E-state index is 0.105. The molecule has 3 rings (SSSR count). The zero-order chi connectivity index (χ0) is 23.1. The van der Waals surface area contributed by atoms with Gasteiger partial charge in [0.25, 0.3) is 5.91 Å². The van der Waals surface area contributed by atoms with Crippen LogP contribution in [0, 0.1) is 6.92 Å². The number of anilines is 1. The van der Waals surface area contributed by atoms with Crippen LogP contribution in [0.5, 0.6) is 5.75 Å². The number of amides is 2. The van der Waals surface area contributed by atoms with Crippen LogP contribution < -0.4 is 10.1 Å². The molecule has 3 aromatic carbocycles. The fraction of sp³-hybridized carbons (Fsp3) is 0.259. The van der Waals surface area contributed by atoms with E-state index in [0.29, 0.717) is 18.0 Å². The Bertz CT molecular complexity index is 1050. The minimum atomic E-state index is -0.651. The lowest BCUT2D eigenvalue weighted by Gasteiger charge is -2.32. The molecule has 0 saturated heterocycles. The van der Waals surface area contributed by atoms with Crippen LogP contribution in [0.15, 0.2) is 78.9 Å². The van der Waals surface area contributed by atoms with Crippen LogP contribution in [0.2, 0.25) is 0 Å². The number of hydrogen-bond donors (Lipinski definition) is 1. The zero-order valence-electron chi connectivity index (χ0n) is 19.0. The third-order valence-corrected chi connectivity index (χ3v) is 5.32. The Morgan fingerprint density at radius 3 is 2.28 bits per heavy atom. The van der Waals surface area contributed by atoms with Crippen molar-refractivity contribution in [1.29, 1.82) is 0 Å². The first kappa shape index (κ1) is 23.1. The zero-order valence-corrected chi connectivity index (χ0v) is 19.0. The van der Waals surface area contributed by atoms with E-state index in [9.17, 15) is 9.59 Å². The lowest BCUT2D eigenvalue weighted by molar-refractivity contribution is -0.141. The maximum Gasteiger partial charge on any atom is 0.264 e. The Morgan fingerprint density at radius 1 is 0.938 bits per heavy atom. The fourth-order valence-corrected chi connectivity index (χ4v) is 3.55. The molecule has 0 heterocycles. The van der Waals surface area contributed by atoms with E-state index in [1.54, 1.807) is 6.92 Å². The molecule has 2 atom stereocenters. The molecule has 0 aliphatic heterocycles. The van der Waals surface area contributed by atoms with Crippen LogP contribution in [0.25, 0.3) is 0 Å². The summed E-state index contributed by atoms with van der Waals surface area (Å²) in [5.74, 6) is 0.426. The van der Waals surface area contributed by atoms with Crippen molar-refractivity contribution in [1.82, 2.24) is 4.90 Å². The predicted octanol–water partition coefficient (Wildman–Crippen LogP) is 5.51. The summed E-state index contributed by atoms with van der Waals surface area (Å²) >= 11 is 0. The molecule has 0 radical (unpaired) electrons. The second kappa shape index (κ2) is 10.6. The average Bonchev–Trinajstić information content (AvgIpc) is 2.78. The van der Waals surface area contributed by atoms with Gasteiger partial charge in [0.15, 0.2) is 6.10 Å². The first-order valence-electron chi connectivity index (χ1n) is 10.8. The molecule has 0 aliphatic carbocycles. The smallest absolute Gasteiger partial charge is 0.264 e. The minimum Gasteiger partial charge on any atom is -0.481 e. The van der Waals surface area contributed by atoms with Gasteiger partial charge in [-0.1, -0.05) is 60.2 Å². The molecule has 1 N–H and O–H groups in total. The van der Waals surface area contributed by atoms with Gasteiger partial charge in [0.1, 0.15) is 5.75 Å². The number of hydrogen-bond acceptors (Lipinski definition) is 3. The molecule has 0 fully saturated rings. The van der Waals surface area contributed by atoms with Crippen LogP contribution in [0.3, 0.4) is 0 Å². The first-order chi connectivity index (χ1) is 15.3. The van der Waals surface area contributed by atoms with E-state index < -0.39 is 6.10 Å². The molecule has 5 nitrogen and oxygen atoms in total. The monoisotopic (exact) mass is 430 g/mol. The standard InChI is InChI=1S/C27H30N2O3/c1-19-13-15-26(16-14-19)32-21(3)27(31)29(18-23-9-6-5-7-10-23)20(2)24-11-8-12-25(17-24)28-22(4)30/h5-17,20-21H,18H2,1-4H3,(H,28,30)/t20-,21+/m0/s1. The summed E-state index contributed by atoms with van der Waals surface area (Å²) < 4.78 is 5.96. The SMILES string of the molecule is CC(=O)Nc1cccc([C@H](C)N(Cc2ccccc2)C(=O)[C@@H](C)Oc2ccc(C)cc2)c1. The van der Waals surface area contributed by atoms with Gasteiger partial charge in [0, 0.05) is 19.2 Å². The van der Waals surface area contributed by atoms with Gasteiger partial charge in [0.2, 0.25) is 5.91 Å². The van der Waals surface area contributed by atoms with Crippen molar-refractivity contribution in [2.75, 3.05) is 5.32 Å². The molecule has 0 aliphatic rings. The number of nitrogens with zero attached hydrogens (tertiary/aromatic N) is 1. The molecule has 0 aromatic heterocycles. The van der Waals surface area contributed by atoms with Crippen molar-refractivity contribution >= 4 is 17.5 Å². The Morgan fingerprint density at radius 2 is 1.62 bits per heavy atom. The summed E-state index contributed by atoms with van der Waals surface area (Å²) in [7, 11) is 0. The number of ether oxygens (including phenoxy) is 1. The quantitative estimate of drug-likeness (QED) is 0.513. The lowest BCUT2D eigenvalue weighted by Crippen LogP contribution is -2.41. The Labute approximate surface area is 190 Å². The molecule has 0 spiro atoms. The van der Waals surface area contributed by atoms with Gasteiger partial charge >= 0.3 is 0 Å². The van der Waals surface area contributed by atoms with Crippen LogP contribution >= 0.6 is 0 Å². The number of carbonyl (C=O) groups excluding carboxylic acids is 2. The molecule has 0 saturated carbocycles. The van der Waals surface area contributed by atoms with Crippen molar-refractivity contribution in [3.8, 4) is 5.75 Å². The molecule has 166 valence electrons. The highest BCUT2D eigenvalue weighted by atomic mass is 16.5. The maximum atomic E-state index is 13.5. The van der Waals surface area contributed by atoms with Gasteiger partial charge in [0.05, 0.1) is 6.04 Å². The Kier molecular flexibility index (Phi) is 7.66. The largest absolute Gasteiger partial charge is 0.481 e. The van der Waals surface area contributed by atoms with Gasteiger partial charge in [-0.3, -0.25) is 9.59 Å². The van der Waals surface area contributed by atoms with E-state index in [4.69, 9.17) is 4.74 Å². The van der Waals surface area contributed by atoms with Crippen molar-refractivity contribution in [2.45, 2.75) is 46.4 Å². The molecule has 32 heavy (non-hydrogen) atoms. The summed E-state index contributed by atoms with van der Waals surface area (Å²) in [5.41, 5.74) is 3.81. The average molecular weight is 431 g/mol. The summed E-state index contributed by atoms with van der Waals surface area (Å²) in [4.78, 5) is 26.8. The third-order valence-electron chi connectivity index (χ3n) is 5.32. The van der Waals surface area contributed by atoms with Crippen LogP contribution in [-0.2, 0) is 16.1 Å². The lowest BCUT2D eigenvalue weighted by atomic mass is 10.0. The molecule has 0 unspecified atom stereocenters. The van der Waals surface area contributed by atoms with E-state index in [1.165, 1.54) is 6.92 Å². The van der Waals surface area contributed by atoms with Crippen LogP contribution in [0.4, 0.5) is 5.69 Å². The van der Waals surface area contributed by atoms with E-state index in [2.05, 4.69) is 5.32 Å². The van der Waals surface area contributed by atoms with Gasteiger partial charge in [-0.05, 0) is 56.2 Å². The highest BCUT2D eigenvalue weighted by Gasteiger charge is 2.27. The number of benzene rings is 3. The van der Waals surface area contributed by atoms with Gasteiger partial charge in [-0.25, -0.2) is 0 Å². The first-order valence-corrected chi connectivity index (χ1v) is 10.8. The maximum absolute atomic E-state index is 13.5. The highest BCUT2D eigenvalue weighted by molar-refractivity contribution is 5.88. The van der Waals surface area contributed by atoms with Crippen molar-refractivity contribution in [3.63, 3.8) is 0 Å². The second-order valence-electron chi connectivity index (χ2n) is 8.01. The fourth-order valence-electron chi connectivity index (χ4n) is 3.55. The van der Waals surface area contributed by atoms with Gasteiger partial charge < -0.3 is 15.0 Å². The summed E-state index contributed by atoms with van der Waals surface area (Å²) in [6, 6.07) is 24.9. The van der Waals surface area contributed by atoms with Gasteiger partial charge in [-0.2, -0.15) is 0 Å².